The van der Waals surface area contributed by atoms with Gasteiger partial charge in [-0.05, 0) is 44.2 Å². The molecule has 0 saturated carbocycles. The van der Waals surface area contributed by atoms with Crippen LogP contribution in [-0.4, -0.2) is 46.5 Å². The summed E-state index contributed by atoms with van der Waals surface area (Å²) in [5.41, 5.74) is 3.10. The Morgan fingerprint density at radius 2 is 1.86 bits per heavy atom. The Kier molecular flexibility index (Phi) is 7.56. The minimum Gasteiger partial charge on any atom is -0.496 e. The zero-order valence-corrected chi connectivity index (χ0v) is 17.3. The molecule has 2 rings (SSSR count). The maximum absolute atomic E-state index is 12.2. The van der Waals surface area contributed by atoms with Crippen molar-refractivity contribution in [2.75, 3.05) is 27.2 Å². The van der Waals surface area contributed by atoms with Crippen LogP contribution in [0.1, 0.15) is 16.7 Å². The first-order chi connectivity index (χ1) is 13.2. The van der Waals surface area contributed by atoms with E-state index in [1.54, 1.807) is 19.2 Å². The highest BCUT2D eigenvalue weighted by molar-refractivity contribution is 7.89. The van der Waals surface area contributed by atoms with Gasteiger partial charge in [-0.3, -0.25) is 9.69 Å². The summed E-state index contributed by atoms with van der Waals surface area (Å²) in [5, 5.41) is 7.96. The molecule has 0 spiro atoms. The van der Waals surface area contributed by atoms with E-state index in [2.05, 4.69) is 11.4 Å². The molecule has 0 saturated heterocycles. The molecule has 1 amide bonds. The van der Waals surface area contributed by atoms with Crippen LogP contribution in [0.25, 0.3) is 0 Å². The van der Waals surface area contributed by atoms with Gasteiger partial charge in [-0.15, -0.1) is 0 Å². The van der Waals surface area contributed by atoms with Crippen LogP contribution >= 0.6 is 0 Å². The summed E-state index contributed by atoms with van der Waals surface area (Å²) < 4.78 is 27.9. The Hall–Kier alpha value is -2.42. The second kappa shape index (κ2) is 9.68. The number of nitrogens with zero attached hydrogens (tertiary/aromatic N) is 1. The Bertz CT molecular complexity index is 912. The molecule has 0 unspecified atom stereocenters. The maximum Gasteiger partial charge on any atom is 0.238 e. The van der Waals surface area contributed by atoms with E-state index in [9.17, 15) is 13.2 Å². The fourth-order valence-corrected chi connectivity index (χ4v) is 3.39. The quantitative estimate of drug-likeness (QED) is 0.657. The van der Waals surface area contributed by atoms with Crippen molar-refractivity contribution < 1.29 is 17.9 Å². The van der Waals surface area contributed by atoms with E-state index in [0.29, 0.717) is 19.5 Å². The van der Waals surface area contributed by atoms with E-state index in [4.69, 9.17) is 9.88 Å². The smallest absolute Gasteiger partial charge is 0.238 e. The standard InChI is InChI=1S/C20H27N3O4S/c1-15-4-9-19(27-3)17(12-15)13-23(2)14-20(24)22-11-10-16-5-7-18(8-6-16)28(21,25)26/h4-9,12H,10-11,13-14H2,1-3H3,(H,22,24)(H2,21,25,26). The molecule has 28 heavy (non-hydrogen) atoms. The van der Waals surface area contributed by atoms with Gasteiger partial charge in [0.1, 0.15) is 5.75 Å². The van der Waals surface area contributed by atoms with Crippen molar-refractivity contribution in [2.45, 2.75) is 24.8 Å². The number of benzene rings is 2. The number of amides is 1. The van der Waals surface area contributed by atoms with Crippen LogP contribution in [0.4, 0.5) is 0 Å². The van der Waals surface area contributed by atoms with Gasteiger partial charge in [0.25, 0.3) is 0 Å². The predicted molar refractivity (Wildman–Crippen MR) is 109 cm³/mol. The van der Waals surface area contributed by atoms with Gasteiger partial charge in [0.15, 0.2) is 0 Å². The second-order valence-corrected chi connectivity index (χ2v) is 8.34. The second-order valence-electron chi connectivity index (χ2n) is 6.78. The monoisotopic (exact) mass is 405 g/mol. The van der Waals surface area contributed by atoms with Crippen molar-refractivity contribution in [2.24, 2.45) is 5.14 Å². The van der Waals surface area contributed by atoms with Crippen LogP contribution in [-0.2, 0) is 27.8 Å². The van der Waals surface area contributed by atoms with Crippen molar-refractivity contribution in [1.82, 2.24) is 10.2 Å². The van der Waals surface area contributed by atoms with Gasteiger partial charge in [-0.1, -0.05) is 29.8 Å². The third kappa shape index (κ3) is 6.63. The topological polar surface area (TPSA) is 102 Å². The van der Waals surface area contributed by atoms with E-state index in [-0.39, 0.29) is 17.3 Å². The minimum absolute atomic E-state index is 0.0738. The molecule has 0 radical (unpaired) electrons. The average molecular weight is 406 g/mol. The van der Waals surface area contributed by atoms with Crippen LogP contribution in [0.2, 0.25) is 0 Å². The number of hydrogen-bond acceptors (Lipinski definition) is 5. The number of sulfonamides is 1. The molecule has 0 aliphatic rings. The van der Waals surface area contributed by atoms with Crippen LogP contribution in [0.3, 0.4) is 0 Å². The largest absolute Gasteiger partial charge is 0.496 e. The van der Waals surface area contributed by atoms with E-state index in [0.717, 1.165) is 22.4 Å². The van der Waals surface area contributed by atoms with E-state index >= 15 is 0 Å². The van der Waals surface area contributed by atoms with E-state index in [1.165, 1.54) is 12.1 Å². The van der Waals surface area contributed by atoms with Crippen molar-refractivity contribution in [3.05, 3.63) is 59.2 Å². The first-order valence-electron chi connectivity index (χ1n) is 8.89. The molecular formula is C20H27N3O4S. The Morgan fingerprint density at radius 1 is 1.18 bits per heavy atom. The number of ether oxygens (including phenoxy) is 1. The Morgan fingerprint density at radius 3 is 2.46 bits per heavy atom. The van der Waals surface area contributed by atoms with Crippen LogP contribution in [0, 0.1) is 6.92 Å². The fourth-order valence-electron chi connectivity index (χ4n) is 2.87. The summed E-state index contributed by atoms with van der Waals surface area (Å²) in [5.74, 6) is 0.732. The molecule has 0 fully saturated rings. The number of nitrogens with two attached hydrogens (primary N) is 1. The number of likely N-dealkylation sites (N-methyl/N-ethyl adjacent to an activating group) is 1. The zero-order valence-electron chi connectivity index (χ0n) is 16.4. The summed E-state index contributed by atoms with van der Waals surface area (Å²) in [7, 11) is -0.167. The third-order valence-electron chi connectivity index (χ3n) is 4.28. The summed E-state index contributed by atoms with van der Waals surface area (Å²) >= 11 is 0. The number of primary sulfonamides is 1. The van der Waals surface area contributed by atoms with Crippen molar-refractivity contribution in [3.63, 3.8) is 0 Å². The number of carbonyl (C=O) groups is 1. The highest BCUT2D eigenvalue weighted by Gasteiger charge is 2.11. The van der Waals surface area contributed by atoms with Gasteiger partial charge in [-0.25, -0.2) is 13.6 Å². The molecule has 0 aliphatic heterocycles. The number of hydrogen-bond donors (Lipinski definition) is 2. The lowest BCUT2D eigenvalue weighted by Gasteiger charge is -2.18. The van der Waals surface area contributed by atoms with Crippen molar-refractivity contribution in [3.8, 4) is 5.75 Å². The SMILES string of the molecule is COc1ccc(C)cc1CN(C)CC(=O)NCCc1ccc(S(N)(=O)=O)cc1. The third-order valence-corrected chi connectivity index (χ3v) is 5.21. The van der Waals surface area contributed by atoms with Gasteiger partial charge in [0, 0.05) is 18.7 Å². The molecule has 0 aromatic heterocycles. The van der Waals surface area contributed by atoms with Gasteiger partial charge < -0.3 is 10.1 Å². The Labute approximate surface area is 166 Å². The molecule has 7 nitrogen and oxygen atoms in total. The molecular weight excluding hydrogens is 378 g/mol. The average Bonchev–Trinajstić information content (AvgIpc) is 2.61. The van der Waals surface area contributed by atoms with Gasteiger partial charge in [0.2, 0.25) is 15.9 Å². The number of nitrogens with one attached hydrogen (secondary N) is 1. The molecule has 0 atom stereocenters. The highest BCUT2D eigenvalue weighted by Crippen LogP contribution is 2.20. The predicted octanol–water partition coefficient (Wildman–Crippen LogP) is 1.44. The summed E-state index contributed by atoms with van der Waals surface area (Å²) in [6.45, 7) is 3.36. The summed E-state index contributed by atoms with van der Waals surface area (Å²) in [4.78, 5) is 14.2. The number of aryl methyl sites for hydroxylation is 1. The van der Waals surface area contributed by atoms with Crippen molar-refractivity contribution >= 4 is 15.9 Å². The molecule has 2 aromatic carbocycles. The highest BCUT2D eigenvalue weighted by atomic mass is 32.2. The number of methoxy groups -OCH3 is 1. The minimum atomic E-state index is -3.68. The van der Waals surface area contributed by atoms with Crippen molar-refractivity contribution in [1.29, 1.82) is 0 Å². The van der Waals surface area contributed by atoms with Crippen LogP contribution in [0.15, 0.2) is 47.4 Å². The van der Waals surface area contributed by atoms with Gasteiger partial charge in [-0.2, -0.15) is 0 Å². The van der Waals surface area contributed by atoms with Gasteiger partial charge in [0.05, 0.1) is 18.6 Å². The molecule has 0 aliphatic carbocycles. The summed E-state index contributed by atoms with van der Waals surface area (Å²) in [6, 6.07) is 12.3. The lowest BCUT2D eigenvalue weighted by atomic mass is 10.1. The molecule has 152 valence electrons. The molecule has 2 aromatic rings. The lowest BCUT2D eigenvalue weighted by Crippen LogP contribution is -2.35. The molecule has 8 heteroatoms. The van der Waals surface area contributed by atoms with Crippen LogP contribution < -0.4 is 15.2 Å². The molecule has 0 bridgehead atoms. The fraction of sp³-hybridized carbons (Fsp3) is 0.350. The van der Waals surface area contributed by atoms with Crippen LogP contribution in [0.5, 0.6) is 5.75 Å². The number of rotatable bonds is 9. The number of carbonyl (C=O) groups excluding carboxylic acids is 1. The molecule has 0 heterocycles. The lowest BCUT2D eigenvalue weighted by molar-refractivity contribution is -0.122. The van der Waals surface area contributed by atoms with E-state index < -0.39 is 10.0 Å². The normalized spacial score (nSPS) is 11.5. The first-order valence-corrected chi connectivity index (χ1v) is 10.4. The Balaban J connectivity index is 1.80. The molecule has 3 N–H and O–H groups in total. The van der Waals surface area contributed by atoms with E-state index in [1.807, 2.05) is 31.0 Å². The zero-order chi connectivity index (χ0) is 20.7. The van der Waals surface area contributed by atoms with Gasteiger partial charge >= 0.3 is 0 Å². The maximum atomic E-state index is 12.2. The first kappa shape index (κ1) is 21.9. The summed E-state index contributed by atoms with van der Waals surface area (Å²) in [6.07, 6.45) is 0.603.